The summed E-state index contributed by atoms with van der Waals surface area (Å²) in [4.78, 5) is 0. The average Bonchev–Trinajstić information content (AvgIpc) is 3.00. The number of hydrogen-bond donors (Lipinski definition) is 1. The summed E-state index contributed by atoms with van der Waals surface area (Å²) in [6, 6.07) is 12.6. The minimum Gasteiger partial charge on any atom is -0.469 e. The van der Waals surface area contributed by atoms with Crippen LogP contribution in [0.3, 0.4) is 0 Å². The van der Waals surface area contributed by atoms with E-state index in [0.717, 1.165) is 18.6 Å². The van der Waals surface area contributed by atoms with Crippen molar-refractivity contribution >= 4 is 10.8 Å². The van der Waals surface area contributed by atoms with Crippen molar-refractivity contribution in [1.29, 1.82) is 0 Å². The molecule has 1 aliphatic rings. The molecule has 1 unspecified atom stereocenters. The molecule has 0 spiro atoms. The van der Waals surface area contributed by atoms with Crippen molar-refractivity contribution in [2.75, 3.05) is 5.43 Å². The number of ether oxygens (including phenoxy) is 1. The van der Waals surface area contributed by atoms with Gasteiger partial charge in [-0.15, -0.1) is 10.2 Å². The normalized spacial score (nSPS) is 17.5. The number of aryl methyl sites for hydroxylation is 1. The third kappa shape index (κ3) is 1.87. The number of nitrogens with zero attached hydrogens (tertiary/aromatic N) is 3. The summed E-state index contributed by atoms with van der Waals surface area (Å²) < 4.78 is 7.74. The molecule has 0 bridgehead atoms. The molecular weight excluding hydrogens is 252 g/mol. The van der Waals surface area contributed by atoms with Crippen molar-refractivity contribution < 1.29 is 4.74 Å². The Morgan fingerprint density at radius 2 is 1.95 bits per heavy atom. The Morgan fingerprint density at radius 3 is 2.85 bits per heavy atom. The van der Waals surface area contributed by atoms with Crippen molar-refractivity contribution in [3.05, 3.63) is 54.6 Å². The summed E-state index contributed by atoms with van der Waals surface area (Å²) in [7, 11) is 0. The smallest absolute Gasteiger partial charge is 0.183 e. The zero-order valence-corrected chi connectivity index (χ0v) is 10.9. The van der Waals surface area contributed by atoms with E-state index >= 15 is 0 Å². The minimum atomic E-state index is -0.0559. The van der Waals surface area contributed by atoms with Crippen LogP contribution in [0.15, 0.2) is 49.1 Å². The molecule has 0 aliphatic carbocycles. The van der Waals surface area contributed by atoms with Gasteiger partial charge in [0.25, 0.3) is 0 Å². The third-order valence-electron chi connectivity index (χ3n) is 3.64. The monoisotopic (exact) mass is 266 g/mol. The maximum Gasteiger partial charge on any atom is 0.183 e. The van der Waals surface area contributed by atoms with Crippen LogP contribution in [-0.2, 0) is 6.42 Å². The van der Waals surface area contributed by atoms with E-state index in [2.05, 4.69) is 52.0 Å². The van der Waals surface area contributed by atoms with E-state index in [1.54, 1.807) is 17.3 Å². The summed E-state index contributed by atoms with van der Waals surface area (Å²) in [5.41, 5.74) is 4.52. The summed E-state index contributed by atoms with van der Waals surface area (Å²) in [5.74, 6) is 0.959. The number of rotatable bonds is 2. The Bertz CT molecular complexity index is 739. The Labute approximate surface area is 116 Å². The van der Waals surface area contributed by atoms with E-state index in [0.29, 0.717) is 0 Å². The molecule has 3 aromatic rings. The first-order chi connectivity index (χ1) is 9.90. The fourth-order valence-electron chi connectivity index (χ4n) is 2.70. The van der Waals surface area contributed by atoms with Crippen LogP contribution in [0, 0.1) is 0 Å². The Balaban J connectivity index is 1.65. The van der Waals surface area contributed by atoms with Crippen LogP contribution in [0.2, 0.25) is 0 Å². The van der Waals surface area contributed by atoms with Crippen molar-refractivity contribution in [1.82, 2.24) is 14.9 Å². The number of hydrogen-bond acceptors (Lipinski definition) is 4. The zero-order valence-electron chi connectivity index (χ0n) is 10.9. The molecule has 0 amide bonds. The van der Waals surface area contributed by atoms with Crippen LogP contribution in [0.4, 0.5) is 0 Å². The second kappa shape index (κ2) is 4.52. The van der Waals surface area contributed by atoms with E-state index in [1.165, 1.54) is 16.3 Å². The third-order valence-corrected chi connectivity index (χ3v) is 3.64. The van der Waals surface area contributed by atoms with Gasteiger partial charge < -0.3 is 4.74 Å². The molecule has 0 saturated carbocycles. The van der Waals surface area contributed by atoms with Crippen molar-refractivity contribution in [3.63, 3.8) is 0 Å². The van der Waals surface area contributed by atoms with Gasteiger partial charge in [0.1, 0.15) is 18.4 Å². The lowest BCUT2D eigenvalue weighted by Gasteiger charge is -2.28. The van der Waals surface area contributed by atoms with Crippen LogP contribution < -0.4 is 10.2 Å². The highest BCUT2D eigenvalue weighted by Crippen LogP contribution is 2.33. The molecule has 2 aromatic carbocycles. The first kappa shape index (κ1) is 11.3. The van der Waals surface area contributed by atoms with Crippen molar-refractivity contribution in [3.8, 4) is 5.75 Å². The molecule has 100 valence electrons. The van der Waals surface area contributed by atoms with Crippen LogP contribution >= 0.6 is 0 Å². The minimum absolute atomic E-state index is 0.0559. The first-order valence-corrected chi connectivity index (χ1v) is 6.68. The lowest BCUT2D eigenvalue weighted by atomic mass is 9.98. The van der Waals surface area contributed by atoms with Gasteiger partial charge in [0.2, 0.25) is 0 Å². The summed E-state index contributed by atoms with van der Waals surface area (Å²) >= 11 is 0. The van der Waals surface area contributed by atoms with Gasteiger partial charge in [0.05, 0.1) is 0 Å². The Morgan fingerprint density at radius 1 is 1.10 bits per heavy atom. The van der Waals surface area contributed by atoms with Gasteiger partial charge in [0, 0.05) is 12.0 Å². The molecule has 4 rings (SSSR count). The SMILES string of the molecule is c1ccc2c3c(ccc2c1)OC(Nn1cnnc1)CC3. The largest absolute Gasteiger partial charge is 0.469 e. The van der Waals surface area contributed by atoms with E-state index in [9.17, 15) is 0 Å². The summed E-state index contributed by atoms with van der Waals surface area (Å²) in [6.07, 6.45) is 5.11. The molecule has 5 nitrogen and oxygen atoms in total. The van der Waals surface area contributed by atoms with Crippen LogP contribution in [-0.4, -0.2) is 21.1 Å². The fraction of sp³-hybridized carbons (Fsp3) is 0.200. The van der Waals surface area contributed by atoms with Crippen LogP contribution in [0.1, 0.15) is 12.0 Å². The predicted molar refractivity (Wildman–Crippen MR) is 76.1 cm³/mol. The molecule has 0 saturated heterocycles. The molecule has 1 aromatic heterocycles. The van der Waals surface area contributed by atoms with Gasteiger partial charge in [0.15, 0.2) is 6.23 Å². The van der Waals surface area contributed by atoms with E-state index in [4.69, 9.17) is 4.74 Å². The van der Waals surface area contributed by atoms with Gasteiger partial charge in [-0.25, -0.2) is 4.68 Å². The predicted octanol–water partition coefficient (Wildman–Crippen LogP) is 2.33. The molecule has 0 radical (unpaired) electrons. The molecule has 1 aliphatic heterocycles. The molecule has 2 heterocycles. The zero-order chi connectivity index (χ0) is 13.4. The number of nitrogens with one attached hydrogen (secondary N) is 1. The van der Waals surface area contributed by atoms with E-state index in [1.807, 2.05) is 0 Å². The van der Waals surface area contributed by atoms with Crippen molar-refractivity contribution in [2.45, 2.75) is 19.1 Å². The van der Waals surface area contributed by atoms with E-state index < -0.39 is 0 Å². The van der Waals surface area contributed by atoms with E-state index in [-0.39, 0.29) is 6.23 Å². The van der Waals surface area contributed by atoms with Gasteiger partial charge in [-0.2, -0.15) is 0 Å². The number of fused-ring (bicyclic) bond motifs is 3. The maximum atomic E-state index is 6.03. The standard InChI is InChI=1S/C15H14N4O/c1-2-4-12-11(3-1)5-7-14-13(12)6-8-15(20-14)18-19-9-16-17-10-19/h1-5,7,9-10,15,18H,6,8H2. The highest BCUT2D eigenvalue weighted by Gasteiger charge is 2.21. The summed E-state index contributed by atoms with van der Waals surface area (Å²) in [5, 5.41) is 10.1. The number of benzene rings is 2. The lowest BCUT2D eigenvalue weighted by Crippen LogP contribution is -2.35. The van der Waals surface area contributed by atoms with Crippen LogP contribution in [0.5, 0.6) is 5.75 Å². The number of aromatic nitrogens is 3. The van der Waals surface area contributed by atoms with Gasteiger partial charge >= 0.3 is 0 Å². The van der Waals surface area contributed by atoms with Gasteiger partial charge in [-0.3, -0.25) is 5.43 Å². The molecule has 1 atom stereocenters. The Kier molecular flexibility index (Phi) is 2.55. The highest BCUT2D eigenvalue weighted by atomic mass is 16.5. The van der Waals surface area contributed by atoms with Crippen molar-refractivity contribution in [2.24, 2.45) is 0 Å². The maximum absolute atomic E-state index is 6.03. The molecule has 20 heavy (non-hydrogen) atoms. The summed E-state index contributed by atoms with van der Waals surface area (Å²) in [6.45, 7) is 0. The second-order valence-corrected chi connectivity index (χ2v) is 4.91. The molecule has 1 N–H and O–H groups in total. The van der Waals surface area contributed by atoms with Crippen LogP contribution in [0.25, 0.3) is 10.8 Å². The van der Waals surface area contributed by atoms with Gasteiger partial charge in [-0.1, -0.05) is 30.3 Å². The molecule has 5 heteroatoms. The highest BCUT2D eigenvalue weighted by molar-refractivity contribution is 5.87. The topological polar surface area (TPSA) is 52.0 Å². The average molecular weight is 266 g/mol. The fourth-order valence-corrected chi connectivity index (χ4v) is 2.70. The first-order valence-electron chi connectivity index (χ1n) is 6.68. The molecule has 0 fully saturated rings. The molecular formula is C15H14N4O. The quantitative estimate of drug-likeness (QED) is 0.773. The lowest BCUT2D eigenvalue weighted by molar-refractivity contribution is 0.186. The van der Waals surface area contributed by atoms with Gasteiger partial charge in [-0.05, 0) is 23.3 Å². The second-order valence-electron chi connectivity index (χ2n) is 4.91. The Hall–Kier alpha value is -2.56.